The van der Waals surface area contributed by atoms with Gasteiger partial charge in [-0.1, -0.05) is 32.0 Å². The van der Waals surface area contributed by atoms with Gasteiger partial charge in [-0.15, -0.1) is 0 Å². The van der Waals surface area contributed by atoms with Gasteiger partial charge in [0.15, 0.2) is 0 Å². The number of carbonyl (C=O) groups excluding carboxylic acids is 1. The average molecular weight is 351 g/mol. The zero-order chi connectivity index (χ0) is 18.1. The number of rotatable bonds is 3. The molecule has 0 saturated carbocycles. The van der Waals surface area contributed by atoms with Crippen LogP contribution in [0.2, 0.25) is 0 Å². The molecule has 0 radical (unpaired) electrons. The largest absolute Gasteiger partial charge is 0.493 e. The standard InChI is InChI=1S/C21H25N3O2/c1-14(2)9-20-22-11-17-12-24(13-18(17)23-20)21(25)16-7-8-26-19-6-4-3-5-15(19)10-16/h3-6,11,14,16H,7-10,12-13H2,1-2H3. The van der Waals surface area contributed by atoms with Crippen LogP contribution in [0.3, 0.4) is 0 Å². The molecule has 1 amide bonds. The fourth-order valence-electron chi connectivity index (χ4n) is 3.77. The second-order valence-electron chi connectivity index (χ2n) is 7.70. The molecule has 1 unspecified atom stereocenters. The highest BCUT2D eigenvalue weighted by molar-refractivity contribution is 5.80. The van der Waals surface area contributed by atoms with Crippen molar-refractivity contribution in [2.75, 3.05) is 6.61 Å². The molecule has 0 aliphatic carbocycles. The molecule has 0 N–H and O–H groups in total. The molecule has 1 aromatic heterocycles. The van der Waals surface area contributed by atoms with Crippen molar-refractivity contribution in [3.05, 3.63) is 53.1 Å². The van der Waals surface area contributed by atoms with Gasteiger partial charge >= 0.3 is 0 Å². The Bertz CT molecular complexity index is 819. The summed E-state index contributed by atoms with van der Waals surface area (Å²) >= 11 is 0. The zero-order valence-corrected chi connectivity index (χ0v) is 15.4. The number of amides is 1. The van der Waals surface area contributed by atoms with Gasteiger partial charge in [0.05, 0.1) is 18.8 Å². The molecule has 26 heavy (non-hydrogen) atoms. The maximum atomic E-state index is 13.1. The molecule has 2 aliphatic rings. The lowest BCUT2D eigenvalue weighted by Gasteiger charge is -2.21. The van der Waals surface area contributed by atoms with Crippen molar-refractivity contribution in [3.8, 4) is 5.75 Å². The Kier molecular flexibility index (Phi) is 4.62. The smallest absolute Gasteiger partial charge is 0.226 e. The predicted molar refractivity (Wildman–Crippen MR) is 98.6 cm³/mol. The van der Waals surface area contributed by atoms with E-state index in [1.165, 1.54) is 0 Å². The number of para-hydroxylation sites is 1. The highest BCUT2D eigenvalue weighted by atomic mass is 16.5. The van der Waals surface area contributed by atoms with Crippen LogP contribution in [0, 0.1) is 11.8 Å². The number of benzene rings is 1. The van der Waals surface area contributed by atoms with E-state index < -0.39 is 0 Å². The summed E-state index contributed by atoms with van der Waals surface area (Å²) < 4.78 is 5.81. The van der Waals surface area contributed by atoms with Crippen LogP contribution in [-0.2, 0) is 30.7 Å². The molecule has 3 heterocycles. The summed E-state index contributed by atoms with van der Waals surface area (Å²) in [5.41, 5.74) is 3.21. The number of hydrogen-bond acceptors (Lipinski definition) is 4. The molecule has 0 saturated heterocycles. The first-order chi connectivity index (χ1) is 12.6. The third-order valence-corrected chi connectivity index (χ3v) is 5.12. The van der Waals surface area contributed by atoms with E-state index in [-0.39, 0.29) is 11.8 Å². The minimum atomic E-state index is -0.0314. The number of aromatic nitrogens is 2. The first kappa shape index (κ1) is 17.0. The Morgan fingerprint density at radius 3 is 2.96 bits per heavy atom. The Balaban J connectivity index is 1.47. The van der Waals surface area contributed by atoms with Gasteiger partial charge in [0, 0.05) is 30.6 Å². The van der Waals surface area contributed by atoms with Crippen LogP contribution >= 0.6 is 0 Å². The van der Waals surface area contributed by atoms with Crippen LogP contribution < -0.4 is 4.74 Å². The number of fused-ring (bicyclic) bond motifs is 2. The van der Waals surface area contributed by atoms with Crippen molar-refractivity contribution in [3.63, 3.8) is 0 Å². The van der Waals surface area contributed by atoms with Gasteiger partial charge in [-0.2, -0.15) is 0 Å². The van der Waals surface area contributed by atoms with E-state index in [4.69, 9.17) is 9.72 Å². The van der Waals surface area contributed by atoms with E-state index in [1.807, 2.05) is 29.3 Å². The highest BCUT2D eigenvalue weighted by Crippen LogP contribution is 2.30. The van der Waals surface area contributed by atoms with Crippen LogP contribution in [0.25, 0.3) is 0 Å². The minimum absolute atomic E-state index is 0.0314. The molecule has 0 spiro atoms. The molecule has 0 fully saturated rings. The fraction of sp³-hybridized carbons (Fsp3) is 0.476. The van der Waals surface area contributed by atoms with Crippen molar-refractivity contribution < 1.29 is 9.53 Å². The third-order valence-electron chi connectivity index (χ3n) is 5.12. The Morgan fingerprint density at radius 1 is 1.27 bits per heavy atom. The van der Waals surface area contributed by atoms with E-state index in [1.54, 1.807) is 0 Å². The van der Waals surface area contributed by atoms with E-state index in [9.17, 15) is 4.79 Å². The second kappa shape index (κ2) is 7.06. The fourth-order valence-corrected chi connectivity index (χ4v) is 3.77. The molecule has 5 nitrogen and oxygen atoms in total. The lowest BCUT2D eigenvalue weighted by atomic mass is 9.95. The molecule has 2 aliphatic heterocycles. The van der Waals surface area contributed by atoms with E-state index in [2.05, 4.69) is 24.9 Å². The van der Waals surface area contributed by atoms with Gasteiger partial charge in [0.1, 0.15) is 11.6 Å². The van der Waals surface area contributed by atoms with Crippen molar-refractivity contribution in [1.82, 2.24) is 14.9 Å². The van der Waals surface area contributed by atoms with Crippen LogP contribution in [0.1, 0.15) is 42.9 Å². The summed E-state index contributed by atoms with van der Waals surface area (Å²) in [6.07, 6.45) is 4.27. The number of hydrogen-bond donors (Lipinski definition) is 0. The lowest BCUT2D eigenvalue weighted by Crippen LogP contribution is -2.33. The van der Waals surface area contributed by atoms with Crippen molar-refractivity contribution in [2.45, 2.75) is 46.2 Å². The summed E-state index contributed by atoms with van der Waals surface area (Å²) in [5.74, 6) is 2.49. The summed E-state index contributed by atoms with van der Waals surface area (Å²) in [4.78, 5) is 24.2. The SMILES string of the molecule is CC(C)Cc1ncc2c(n1)CN(C(=O)C1CCOc3ccccc3C1)C2. The first-order valence-corrected chi connectivity index (χ1v) is 9.43. The van der Waals surface area contributed by atoms with Crippen LogP contribution in [0.15, 0.2) is 30.5 Å². The third kappa shape index (κ3) is 3.43. The van der Waals surface area contributed by atoms with Gasteiger partial charge in [-0.3, -0.25) is 4.79 Å². The second-order valence-corrected chi connectivity index (χ2v) is 7.70. The monoisotopic (exact) mass is 351 g/mol. The van der Waals surface area contributed by atoms with Gasteiger partial charge < -0.3 is 9.64 Å². The van der Waals surface area contributed by atoms with Crippen molar-refractivity contribution in [2.24, 2.45) is 11.8 Å². The quantitative estimate of drug-likeness (QED) is 0.852. The van der Waals surface area contributed by atoms with E-state index in [0.29, 0.717) is 25.6 Å². The summed E-state index contributed by atoms with van der Waals surface area (Å²) in [6.45, 7) is 6.14. The number of ether oxygens (including phenoxy) is 1. The predicted octanol–water partition coefficient (Wildman–Crippen LogP) is 3.16. The zero-order valence-electron chi connectivity index (χ0n) is 15.4. The molecule has 0 bridgehead atoms. The summed E-state index contributed by atoms with van der Waals surface area (Å²) in [6, 6.07) is 8.03. The average Bonchev–Trinajstić information content (AvgIpc) is 2.91. The molecule has 2 aromatic rings. The summed E-state index contributed by atoms with van der Waals surface area (Å²) in [5, 5.41) is 0. The molecular formula is C21H25N3O2. The van der Waals surface area contributed by atoms with Gasteiger partial charge in [-0.25, -0.2) is 9.97 Å². The molecule has 1 aromatic carbocycles. The van der Waals surface area contributed by atoms with Crippen LogP contribution in [-0.4, -0.2) is 27.4 Å². The molecule has 136 valence electrons. The lowest BCUT2D eigenvalue weighted by molar-refractivity contribution is -0.136. The van der Waals surface area contributed by atoms with E-state index >= 15 is 0 Å². The maximum Gasteiger partial charge on any atom is 0.226 e. The van der Waals surface area contributed by atoms with Gasteiger partial charge in [-0.05, 0) is 30.4 Å². The number of nitrogens with zero attached hydrogens (tertiary/aromatic N) is 3. The van der Waals surface area contributed by atoms with Gasteiger partial charge in [0.25, 0.3) is 0 Å². The molecular weight excluding hydrogens is 326 g/mol. The Hall–Kier alpha value is -2.43. The molecule has 1 atom stereocenters. The number of carbonyl (C=O) groups is 1. The topological polar surface area (TPSA) is 55.3 Å². The maximum absolute atomic E-state index is 13.1. The molecule has 5 heteroatoms. The van der Waals surface area contributed by atoms with Crippen molar-refractivity contribution in [1.29, 1.82) is 0 Å². The van der Waals surface area contributed by atoms with E-state index in [0.717, 1.165) is 47.7 Å². The molecule has 4 rings (SSSR count). The van der Waals surface area contributed by atoms with Crippen LogP contribution in [0.4, 0.5) is 0 Å². The highest BCUT2D eigenvalue weighted by Gasteiger charge is 2.32. The van der Waals surface area contributed by atoms with Gasteiger partial charge in [0.2, 0.25) is 5.91 Å². The Morgan fingerprint density at radius 2 is 2.12 bits per heavy atom. The normalized spacial score (nSPS) is 18.9. The minimum Gasteiger partial charge on any atom is -0.493 e. The Labute approximate surface area is 154 Å². The van der Waals surface area contributed by atoms with Crippen molar-refractivity contribution >= 4 is 5.91 Å². The summed E-state index contributed by atoms with van der Waals surface area (Å²) in [7, 11) is 0. The first-order valence-electron chi connectivity index (χ1n) is 9.43. The van der Waals surface area contributed by atoms with Crippen LogP contribution in [0.5, 0.6) is 5.75 Å².